The maximum atomic E-state index is 5.06. The molecule has 0 amide bonds. The van der Waals surface area contributed by atoms with Gasteiger partial charge in [-0.25, -0.2) is 0 Å². The van der Waals surface area contributed by atoms with Crippen molar-refractivity contribution < 1.29 is 0 Å². The molecule has 0 N–H and O–H groups in total. The van der Waals surface area contributed by atoms with Crippen LogP contribution in [0, 0.1) is 23.7 Å². The van der Waals surface area contributed by atoms with Crippen molar-refractivity contribution in [2.45, 2.75) is 85.1 Å². The van der Waals surface area contributed by atoms with Gasteiger partial charge in [-0.2, -0.15) is 0 Å². The van der Waals surface area contributed by atoms with Crippen LogP contribution in [-0.4, -0.2) is 11.8 Å². The third kappa shape index (κ3) is 4.69. The Bertz CT molecular complexity index is 373. The minimum Gasteiger partial charge on any atom is -0.286 e. The highest BCUT2D eigenvalue weighted by Crippen LogP contribution is 2.44. The SMILES string of the molecule is C=C(CCC(C)C)/C(=N\C(C)C)C1CC2CCCC1CC2. The highest BCUT2D eigenvalue weighted by atomic mass is 14.8. The van der Waals surface area contributed by atoms with Gasteiger partial charge in [0.05, 0.1) is 0 Å². The minimum absolute atomic E-state index is 0.401. The summed E-state index contributed by atoms with van der Waals surface area (Å²) in [4.78, 5) is 5.06. The van der Waals surface area contributed by atoms with Gasteiger partial charge < -0.3 is 0 Å². The molecule has 120 valence electrons. The van der Waals surface area contributed by atoms with Crippen LogP contribution >= 0.6 is 0 Å². The summed E-state index contributed by atoms with van der Waals surface area (Å²) in [7, 11) is 0. The summed E-state index contributed by atoms with van der Waals surface area (Å²) in [5, 5.41) is 0. The van der Waals surface area contributed by atoms with E-state index in [0.717, 1.165) is 24.2 Å². The summed E-state index contributed by atoms with van der Waals surface area (Å²) >= 11 is 0. The first kappa shape index (κ1) is 16.8. The summed E-state index contributed by atoms with van der Waals surface area (Å²) < 4.78 is 0. The van der Waals surface area contributed by atoms with Crippen LogP contribution in [0.1, 0.15) is 79.1 Å². The van der Waals surface area contributed by atoms with Crippen molar-refractivity contribution in [3.05, 3.63) is 12.2 Å². The van der Waals surface area contributed by atoms with Gasteiger partial charge in [-0.15, -0.1) is 0 Å². The first-order chi connectivity index (χ1) is 9.97. The van der Waals surface area contributed by atoms with Gasteiger partial charge in [0.25, 0.3) is 0 Å². The van der Waals surface area contributed by atoms with E-state index in [0.29, 0.717) is 12.0 Å². The summed E-state index contributed by atoms with van der Waals surface area (Å²) in [6.07, 6.45) is 11.0. The Labute approximate surface area is 132 Å². The maximum absolute atomic E-state index is 5.06. The fourth-order valence-electron chi connectivity index (χ4n) is 4.25. The van der Waals surface area contributed by atoms with E-state index in [1.807, 2.05) is 0 Å². The average Bonchev–Trinajstić information content (AvgIpc) is 2.77. The van der Waals surface area contributed by atoms with E-state index in [2.05, 4.69) is 34.3 Å². The molecule has 0 spiro atoms. The van der Waals surface area contributed by atoms with Crippen molar-refractivity contribution >= 4 is 5.71 Å². The Morgan fingerprint density at radius 2 is 1.86 bits per heavy atom. The van der Waals surface area contributed by atoms with E-state index in [-0.39, 0.29) is 0 Å². The van der Waals surface area contributed by atoms with Crippen molar-refractivity contribution in [2.75, 3.05) is 0 Å². The molecule has 3 rings (SSSR count). The number of rotatable bonds is 6. The van der Waals surface area contributed by atoms with Gasteiger partial charge >= 0.3 is 0 Å². The van der Waals surface area contributed by atoms with Crippen LogP contribution in [0.25, 0.3) is 0 Å². The average molecular weight is 290 g/mol. The Balaban J connectivity index is 2.14. The molecule has 3 atom stereocenters. The molecule has 1 nitrogen and oxygen atoms in total. The molecular weight excluding hydrogens is 254 g/mol. The predicted molar refractivity (Wildman–Crippen MR) is 94.0 cm³/mol. The number of hydrogen-bond donors (Lipinski definition) is 0. The molecule has 3 unspecified atom stereocenters. The molecule has 2 bridgehead atoms. The topological polar surface area (TPSA) is 12.4 Å². The molecule has 0 aromatic carbocycles. The first-order valence-electron chi connectivity index (χ1n) is 9.23. The number of aliphatic imine (C=N–C) groups is 1. The van der Waals surface area contributed by atoms with Crippen LogP contribution in [0.2, 0.25) is 0 Å². The van der Waals surface area contributed by atoms with Crippen LogP contribution in [-0.2, 0) is 0 Å². The van der Waals surface area contributed by atoms with Gasteiger partial charge in [0.1, 0.15) is 0 Å². The normalized spacial score (nSPS) is 30.0. The van der Waals surface area contributed by atoms with E-state index >= 15 is 0 Å². The molecule has 0 heterocycles. The third-order valence-corrected chi connectivity index (χ3v) is 5.42. The zero-order valence-electron chi connectivity index (χ0n) is 14.7. The quantitative estimate of drug-likeness (QED) is 0.528. The fraction of sp³-hybridized carbons (Fsp3) is 0.850. The zero-order chi connectivity index (χ0) is 15.4. The Morgan fingerprint density at radius 1 is 1.10 bits per heavy atom. The molecule has 21 heavy (non-hydrogen) atoms. The summed E-state index contributed by atoms with van der Waals surface area (Å²) in [5.41, 5.74) is 2.75. The molecule has 3 aliphatic carbocycles. The molecule has 0 saturated heterocycles. The summed E-state index contributed by atoms with van der Waals surface area (Å²) in [6.45, 7) is 13.5. The molecular formula is C20H35N. The van der Waals surface area contributed by atoms with E-state index in [1.54, 1.807) is 0 Å². The lowest BCUT2D eigenvalue weighted by Gasteiger charge is -2.34. The summed E-state index contributed by atoms with van der Waals surface area (Å²) in [6, 6.07) is 0.401. The summed E-state index contributed by atoms with van der Waals surface area (Å²) in [5.74, 6) is 3.32. The van der Waals surface area contributed by atoms with Crippen LogP contribution in [0.5, 0.6) is 0 Å². The number of allylic oxidation sites excluding steroid dienone is 1. The lowest BCUT2D eigenvalue weighted by atomic mass is 9.71. The highest BCUT2D eigenvalue weighted by Gasteiger charge is 2.36. The molecule has 1 heteroatoms. The van der Waals surface area contributed by atoms with Gasteiger partial charge in [0, 0.05) is 17.7 Å². The molecule has 0 aromatic rings. The van der Waals surface area contributed by atoms with Gasteiger partial charge in [-0.05, 0) is 69.3 Å². The number of hydrogen-bond acceptors (Lipinski definition) is 1. The Kier molecular flexibility index (Phi) is 6.08. The zero-order valence-corrected chi connectivity index (χ0v) is 14.7. The van der Waals surface area contributed by atoms with Gasteiger partial charge in [-0.3, -0.25) is 4.99 Å². The second-order valence-electron chi connectivity index (χ2n) is 8.12. The molecule has 0 radical (unpaired) electrons. The number of nitrogens with zero attached hydrogens (tertiary/aromatic N) is 1. The monoisotopic (exact) mass is 289 g/mol. The van der Waals surface area contributed by atoms with Crippen molar-refractivity contribution in [2.24, 2.45) is 28.7 Å². The van der Waals surface area contributed by atoms with Gasteiger partial charge in [-0.1, -0.05) is 39.7 Å². The largest absolute Gasteiger partial charge is 0.286 e. The standard InChI is InChI=1S/C20H35N/c1-14(2)9-10-16(5)20(21-15(3)4)19-13-17-7-6-8-18(19)12-11-17/h14-15,17-19H,5-13H2,1-4H3/b21-20+. The van der Waals surface area contributed by atoms with Gasteiger partial charge in [0.15, 0.2) is 0 Å². The smallest absolute Gasteiger partial charge is 0.0446 e. The lowest BCUT2D eigenvalue weighted by molar-refractivity contribution is 0.258. The molecule has 0 aromatic heterocycles. The second-order valence-corrected chi connectivity index (χ2v) is 8.12. The van der Waals surface area contributed by atoms with Crippen molar-refractivity contribution in [1.82, 2.24) is 0 Å². The maximum Gasteiger partial charge on any atom is 0.0446 e. The third-order valence-electron chi connectivity index (χ3n) is 5.42. The van der Waals surface area contributed by atoms with Crippen molar-refractivity contribution in [1.29, 1.82) is 0 Å². The first-order valence-corrected chi connectivity index (χ1v) is 9.23. The van der Waals surface area contributed by atoms with Crippen LogP contribution < -0.4 is 0 Å². The Morgan fingerprint density at radius 3 is 2.52 bits per heavy atom. The van der Waals surface area contributed by atoms with E-state index in [4.69, 9.17) is 4.99 Å². The molecule has 3 fully saturated rings. The molecule has 0 aliphatic heterocycles. The highest BCUT2D eigenvalue weighted by molar-refractivity contribution is 6.01. The fourth-order valence-corrected chi connectivity index (χ4v) is 4.25. The Hall–Kier alpha value is -0.590. The van der Waals surface area contributed by atoms with E-state index < -0.39 is 0 Å². The van der Waals surface area contributed by atoms with Crippen LogP contribution in [0.3, 0.4) is 0 Å². The number of fused-ring (bicyclic) bond motifs is 4. The molecule has 3 saturated carbocycles. The second kappa shape index (κ2) is 7.61. The van der Waals surface area contributed by atoms with E-state index in [1.165, 1.54) is 56.2 Å². The van der Waals surface area contributed by atoms with Crippen LogP contribution in [0.15, 0.2) is 17.1 Å². The van der Waals surface area contributed by atoms with Crippen molar-refractivity contribution in [3.8, 4) is 0 Å². The predicted octanol–water partition coefficient (Wildman–Crippen LogP) is 6.04. The van der Waals surface area contributed by atoms with E-state index in [9.17, 15) is 0 Å². The molecule has 3 aliphatic rings. The van der Waals surface area contributed by atoms with Crippen LogP contribution in [0.4, 0.5) is 0 Å². The minimum atomic E-state index is 0.401. The van der Waals surface area contributed by atoms with Gasteiger partial charge in [0.2, 0.25) is 0 Å². The van der Waals surface area contributed by atoms with Crippen molar-refractivity contribution in [3.63, 3.8) is 0 Å². The lowest BCUT2D eigenvalue weighted by Crippen LogP contribution is -2.30.